The number of benzene rings is 1. The Morgan fingerprint density at radius 3 is 2.83 bits per heavy atom. The maximum Gasteiger partial charge on any atom is 0.144 e. The van der Waals surface area contributed by atoms with Crippen LogP contribution < -0.4 is 10.5 Å². The number of nitrogens with two attached hydrogens (primary N) is 1. The minimum atomic E-state index is 0.319. The van der Waals surface area contributed by atoms with Gasteiger partial charge in [0, 0.05) is 0 Å². The van der Waals surface area contributed by atoms with Crippen molar-refractivity contribution in [3.05, 3.63) is 17.6 Å². The number of aromatic nitrogens is 1. The smallest absolute Gasteiger partial charge is 0.144 e. The molecule has 2 aromatic rings. The molecule has 0 spiro atoms. The molecule has 0 atom stereocenters. The number of nitrogens with zero attached hydrogens (tertiary/aromatic N) is 1. The van der Waals surface area contributed by atoms with Crippen LogP contribution in [0, 0.1) is 5.92 Å². The highest BCUT2D eigenvalue weighted by molar-refractivity contribution is 7.16. The molecule has 1 heterocycles. The number of thiazole rings is 1. The van der Waals surface area contributed by atoms with Gasteiger partial charge in [0.1, 0.15) is 17.0 Å². The van der Waals surface area contributed by atoms with E-state index in [1.807, 2.05) is 17.6 Å². The summed E-state index contributed by atoms with van der Waals surface area (Å²) in [5.41, 5.74) is 9.52. The van der Waals surface area contributed by atoms with Gasteiger partial charge in [-0.25, -0.2) is 4.98 Å². The SMILES string of the molecule is CC1CCC(Oc2ccc3scnc3c2N)CC1. The van der Waals surface area contributed by atoms with E-state index in [0.29, 0.717) is 11.8 Å². The fraction of sp³-hybridized carbons (Fsp3) is 0.500. The maximum atomic E-state index is 6.13. The molecule has 18 heavy (non-hydrogen) atoms. The molecular weight excluding hydrogens is 244 g/mol. The van der Waals surface area contributed by atoms with Crippen molar-refractivity contribution in [3.63, 3.8) is 0 Å². The van der Waals surface area contributed by atoms with Crippen LogP contribution in [0.1, 0.15) is 32.6 Å². The average molecular weight is 262 g/mol. The van der Waals surface area contributed by atoms with E-state index in [2.05, 4.69) is 11.9 Å². The van der Waals surface area contributed by atoms with Crippen LogP contribution in [0.3, 0.4) is 0 Å². The molecule has 96 valence electrons. The lowest BCUT2D eigenvalue weighted by Gasteiger charge is -2.27. The summed E-state index contributed by atoms with van der Waals surface area (Å²) in [5.74, 6) is 1.64. The third-order valence-corrected chi connectivity index (χ3v) is 4.55. The second kappa shape index (κ2) is 4.76. The van der Waals surface area contributed by atoms with E-state index in [4.69, 9.17) is 10.5 Å². The van der Waals surface area contributed by atoms with Crippen molar-refractivity contribution < 1.29 is 4.74 Å². The van der Waals surface area contributed by atoms with Crippen molar-refractivity contribution in [2.24, 2.45) is 5.92 Å². The van der Waals surface area contributed by atoms with E-state index in [0.717, 1.165) is 34.7 Å². The van der Waals surface area contributed by atoms with Gasteiger partial charge in [0.25, 0.3) is 0 Å². The first kappa shape index (κ1) is 11.8. The van der Waals surface area contributed by atoms with E-state index in [9.17, 15) is 0 Å². The van der Waals surface area contributed by atoms with E-state index in [-0.39, 0.29) is 0 Å². The first-order chi connectivity index (χ1) is 8.74. The topological polar surface area (TPSA) is 48.1 Å². The van der Waals surface area contributed by atoms with Crippen LogP contribution in [-0.2, 0) is 0 Å². The summed E-state index contributed by atoms with van der Waals surface area (Å²) in [6.45, 7) is 2.31. The molecule has 3 rings (SSSR count). The van der Waals surface area contributed by atoms with Gasteiger partial charge < -0.3 is 10.5 Å². The Labute approximate surface area is 111 Å². The predicted molar refractivity (Wildman–Crippen MR) is 76.1 cm³/mol. The summed E-state index contributed by atoms with van der Waals surface area (Å²) >= 11 is 1.61. The third kappa shape index (κ3) is 2.17. The molecule has 0 aliphatic heterocycles. The van der Waals surface area contributed by atoms with Crippen molar-refractivity contribution in [2.45, 2.75) is 38.7 Å². The van der Waals surface area contributed by atoms with Crippen LogP contribution in [0.2, 0.25) is 0 Å². The van der Waals surface area contributed by atoms with Crippen molar-refractivity contribution in [1.29, 1.82) is 0 Å². The minimum absolute atomic E-state index is 0.319. The second-order valence-electron chi connectivity index (χ2n) is 5.18. The van der Waals surface area contributed by atoms with Crippen molar-refractivity contribution in [1.82, 2.24) is 4.98 Å². The highest BCUT2D eigenvalue weighted by Crippen LogP contribution is 2.34. The Morgan fingerprint density at radius 2 is 2.06 bits per heavy atom. The molecule has 1 fully saturated rings. The van der Waals surface area contributed by atoms with Gasteiger partial charge in [-0.05, 0) is 43.7 Å². The highest BCUT2D eigenvalue weighted by atomic mass is 32.1. The van der Waals surface area contributed by atoms with E-state index in [1.54, 1.807) is 11.3 Å². The largest absolute Gasteiger partial charge is 0.488 e. The Morgan fingerprint density at radius 1 is 1.28 bits per heavy atom. The van der Waals surface area contributed by atoms with E-state index < -0.39 is 0 Å². The lowest BCUT2D eigenvalue weighted by molar-refractivity contribution is 0.136. The molecule has 1 aromatic carbocycles. The van der Waals surface area contributed by atoms with Gasteiger partial charge in [-0.3, -0.25) is 0 Å². The van der Waals surface area contributed by atoms with Crippen molar-refractivity contribution in [2.75, 3.05) is 5.73 Å². The zero-order valence-electron chi connectivity index (χ0n) is 10.6. The fourth-order valence-corrected chi connectivity index (χ4v) is 3.26. The quantitative estimate of drug-likeness (QED) is 0.837. The van der Waals surface area contributed by atoms with E-state index in [1.165, 1.54) is 12.8 Å². The second-order valence-corrected chi connectivity index (χ2v) is 6.06. The van der Waals surface area contributed by atoms with Gasteiger partial charge in [0.05, 0.1) is 16.3 Å². The normalized spacial score (nSPS) is 24.3. The number of nitrogen functional groups attached to an aromatic ring is 1. The van der Waals surface area contributed by atoms with Gasteiger partial charge >= 0.3 is 0 Å². The first-order valence-electron chi connectivity index (χ1n) is 6.52. The fourth-order valence-electron chi connectivity index (χ4n) is 2.56. The molecule has 0 amide bonds. The number of hydrogen-bond acceptors (Lipinski definition) is 4. The Bertz CT molecular complexity index is 544. The lowest BCUT2D eigenvalue weighted by Crippen LogP contribution is -2.23. The standard InChI is InChI=1S/C14H18N2OS/c1-9-2-4-10(5-3-9)17-11-6-7-12-14(13(11)15)16-8-18-12/h6-10H,2-5,15H2,1H3. The van der Waals surface area contributed by atoms with Crippen LogP contribution in [-0.4, -0.2) is 11.1 Å². The Hall–Kier alpha value is -1.29. The monoisotopic (exact) mass is 262 g/mol. The maximum absolute atomic E-state index is 6.13. The van der Waals surface area contributed by atoms with Gasteiger partial charge in [0.15, 0.2) is 0 Å². The molecule has 0 saturated heterocycles. The molecule has 1 aliphatic rings. The zero-order valence-corrected chi connectivity index (χ0v) is 11.4. The average Bonchev–Trinajstić information content (AvgIpc) is 2.84. The summed E-state index contributed by atoms with van der Waals surface area (Å²) in [5, 5.41) is 0. The molecule has 0 bridgehead atoms. The number of ether oxygens (including phenoxy) is 1. The number of hydrogen-bond donors (Lipinski definition) is 1. The van der Waals surface area contributed by atoms with Gasteiger partial charge in [-0.15, -0.1) is 11.3 Å². The summed E-state index contributed by atoms with van der Waals surface area (Å²) in [7, 11) is 0. The number of fused-ring (bicyclic) bond motifs is 1. The van der Waals surface area contributed by atoms with Crippen molar-refractivity contribution in [3.8, 4) is 5.75 Å². The van der Waals surface area contributed by atoms with Gasteiger partial charge in [-0.2, -0.15) is 0 Å². The molecule has 1 aliphatic carbocycles. The predicted octanol–water partition coefficient (Wildman–Crippen LogP) is 3.84. The number of anilines is 1. The summed E-state index contributed by atoms with van der Waals surface area (Å²) in [6.07, 6.45) is 5.10. The Kier molecular flexibility index (Phi) is 3.12. The summed E-state index contributed by atoms with van der Waals surface area (Å²) in [6, 6.07) is 4.03. The molecule has 0 unspecified atom stereocenters. The molecule has 3 nitrogen and oxygen atoms in total. The molecule has 0 radical (unpaired) electrons. The van der Waals surface area contributed by atoms with Crippen LogP contribution in [0.25, 0.3) is 10.2 Å². The highest BCUT2D eigenvalue weighted by Gasteiger charge is 2.20. The summed E-state index contributed by atoms with van der Waals surface area (Å²) in [4.78, 5) is 4.30. The molecular formula is C14H18N2OS. The van der Waals surface area contributed by atoms with Gasteiger partial charge in [-0.1, -0.05) is 6.92 Å². The van der Waals surface area contributed by atoms with Gasteiger partial charge in [0.2, 0.25) is 0 Å². The third-order valence-electron chi connectivity index (χ3n) is 3.76. The minimum Gasteiger partial charge on any atom is -0.488 e. The molecule has 4 heteroatoms. The van der Waals surface area contributed by atoms with Crippen LogP contribution in [0.5, 0.6) is 5.75 Å². The van der Waals surface area contributed by atoms with Crippen LogP contribution in [0.15, 0.2) is 17.6 Å². The van der Waals surface area contributed by atoms with Crippen LogP contribution >= 0.6 is 11.3 Å². The molecule has 1 saturated carbocycles. The number of rotatable bonds is 2. The van der Waals surface area contributed by atoms with E-state index >= 15 is 0 Å². The Balaban J connectivity index is 1.80. The first-order valence-corrected chi connectivity index (χ1v) is 7.40. The molecule has 1 aromatic heterocycles. The lowest BCUT2D eigenvalue weighted by atomic mass is 9.89. The van der Waals surface area contributed by atoms with Crippen LogP contribution in [0.4, 0.5) is 5.69 Å². The van der Waals surface area contributed by atoms with Crippen molar-refractivity contribution >= 4 is 27.2 Å². The summed E-state index contributed by atoms with van der Waals surface area (Å²) < 4.78 is 7.17. The zero-order chi connectivity index (χ0) is 12.5. The molecule has 2 N–H and O–H groups in total.